The molecule has 0 bridgehead atoms. The summed E-state index contributed by atoms with van der Waals surface area (Å²) >= 11 is 0. The summed E-state index contributed by atoms with van der Waals surface area (Å²) in [6.45, 7) is 5.47. The van der Waals surface area contributed by atoms with E-state index in [1.165, 1.54) is 37.3 Å². The molecule has 1 unspecified atom stereocenters. The number of hydrogen-bond acceptors (Lipinski definition) is 4. The SMILES string of the molecule is Cc1cc(F)c2nc(C)cc(-c3cnc4cc(-c5ccc(C6COC7(CCCC7)CN6)cc5)ccn34)c2c1. The van der Waals surface area contributed by atoms with Crippen molar-refractivity contribution in [3.8, 4) is 22.4 Å². The number of nitrogens with one attached hydrogen (secondary N) is 1. The van der Waals surface area contributed by atoms with E-state index in [0.717, 1.165) is 57.8 Å². The van der Waals surface area contributed by atoms with Crippen LogP contribution in [0.5, 0.6) is 0 Å². The van der Waals surface area contributed by atoms with Gasteiger partial charge in [0.05, 0.1) is 30.1 Å². The minimum absolute atomic E-state index is 0.0726. The Bertz CT molecular complexity index is 1660. The minimum Gasteiger partial charge on any atom is -0.372 e. The van der Waals surface area contributed by atoms with Gasteiger partial charge in [-0.25, -0.2) is 9.37 Å². The molecule has 0 radical (unpaired) electrons. The quantitative estimate of drug-likeness (QED) is 0.288. The molecule has 2 fully saturated rings. The van der Waals surface area contributed by atoms with Crippen LogP contribution in [0.2, 0.25) is 0 Å². The van der Waals surface area contributed by atoms with Crippen molar-refractivity contribution >= 4 is 16.6 Å². The smallest absolute Gasteiger partial charge is 0.149 e. The Morgan fingerprint density at radius 1 is 1.00 bits per heavy atom. The number of imidazole rings is 1. The normalized spacial score (nSPS) is 19.1. The van der Waals surface area contributed by atoms with Gasteiger partial charge in [0.2, 0.25) is 0 Å². The van der Waals surface area contributed by atoms with Crippen molar-refractivity contribution in [3.05, 3.63) is 89.6 Å². The van der Waals surface area contributed by atoms with E-state index in [1.54, 1.807) is 0 Å². The summed E-state index contributed by atoms with van der Waals surface area (Å²) in [5.74, 6) is -0.294. The van der Waals surface area contributed by atoms with E-state index in [2.05, 4.69) is 51.1 Å². The fourth-order valence-electron chi connectivity index (χ4n) is 6.26. The molecule has 1 N–H and O–H groups in total. The Hall–Kier alpha value is -3.61. The van der Waals surface area contributed by atoms with E-state index in [1.807, 2.05) is 38.4 Å². The van der Waals surface area contributed by atoms with E-state index in [4.69, 9.17) is 9.72 Å². The van der Waals surface area contributed by atoms with Crippen LogP contribution in [-0.2, 0) is 4.74 Å². The molecule has 1 aliphatic carbocycles. The predicted molar refractivity (Wildman–Crippen MR) is 149 cm³/mol. The van der Waals surface area contributed by atoms with Gasteiger partial charge in [-0.3, -0.25) is 9.38 Å². The standard InChI is InChI=1S/C32H31FN4O/c1-20-13-26-25(15-21(2)36-31(26)27(33)14-20)29-17-34-30-16-24(9-12-37(29)30)22-5-7-23(8-6-22)28-18-38-32(19-35-28)10-3-4-11-32/h5-9,12-17,28,35H,3-4,10-11,18-19H2,1-2H3. The maximum atomic E-state index is 14.7. The second-order valence-electron chi connectivity index (χ2n) is 11.0. The molecule has 1 atom stereocenters. The van der Waals surface area contributed by atoms with E-state index in [-0.39, 0.29) is 17.5 Å². The molecule has 38 heavy (non-hydrogen) atoms. The number of hydrogen-bond donors (Lipinski definition) is 1. The molecule has 3 aromatic heterocycles. The summed E-state index contributed by atoms with van der Waals surface area (Å²) in [6, 6.07) is 18.8. The highest BCUT2D eigenvalue weighted by atomic mass is 19.1. The van der Waals surface area contributed by atoms with Crippen molar-refractivity contribution in [3.63, 3.8) is 0 Å². The first-order chi connectivity index (χ1) is 18.5. The van der Waals surface area contributed by atoms with E-state index >= 15 is 0 Å². The van der Waals surface area contributed by atoms with Crippen LogP contribution >= 0.6 is 0 Å². The number of aryl methyl sites for hydroxylation is 2. The summed E-state index contributed by atoms with van der Waals surface area (Å²) in [7, 11) is 0. The van der Waals surface area contributed by atoms with Crippen LogP contribution in [-0.4, -0.2) is 33.1 Å². The van der Waals surface area contributed by atoms with E-state index in [0.29, 0.717) is 5.52 Å². The molecule has 1 saturated heterocycles. The summed E-state index contributed by atoms with van der Waals surface area (Å²) in [6.07, 6.45) is 8.82. The Balaban J connectivity index is 1.18. The molecule has 192 valence electrons. The van der Waals surface area contributed by atoms with Gasteiger partial charge in [0.15, 0.2) is 0 Å². The molecule has 1 aliphatic heterocycles. The molecule has 0 amide bonds. The third-order valence-corrected chi connectivity index (χ3v) is 8.32. The maximum absolute atomic E-state index is 14.7. The van der Waals surface area contributed by atoms with Gasteiger partial charge in [-0.1, -0.05) is 37.1 Å². The molecule has 7 rings (SSSR count). The van der Waals surface area contributed by atoms with Crippen molar-refractivity contribution < 1.29 is 9.13 Å². The van der Waals surface area contributed by atoms with Crippen LogP contribution in [0, 0.1) is 19.7 Å². The van der Waals surface area contributed by atoms with Gasteiger partial charge in [0, 0.05) is 29.4 Å². The maximum Gasteiger partial charge on any atom is 0.149 e. The molecular formula is C32H31FN4O. The van der Waals surface area contributed by atoms with Crippen LogP contribution in [0.4, 0.5) is 4.39 Å². The number of fused-ring (bicyclic) bond motifs is 2. The summed E-state index contributed by atoms with van der Waals surface area (Å²) in [5.41, 5.74) is 8.33. The van der Waals surface area contributed by atoms with Crippen molar-refractivity contribution in [2.24, 2.45) is 0 Å². The minimum atomic E-state index is -0.294. The molecule has 5 aromatic rings. The van der Waals surface area contributed by atoms with Crippen LogP contribution in [0.25, 0.3) is 38.9 Å². The number of rotatable bonds is 3. The largest absolute Gasteiger partial charge is 0.372 e. The highest BCUT2D eigenvalue weighted by Crippen LogP contribution is 2.37. The average molecular weight is 507 g/mol. The van der Waals surface area contributed by atoms with Crippen LogP contribution in [0.15, 0.2) is 67.0 Å². The van der Waals surface area contributed by atoms with Crippen molar-refractivity contribution in [1.82, 2.24) is 19.7 Å². The third-order valence-electron chi connectivity index (χ3n) is 8.32. The van der Waals surface area contributed by atoms with Crippen molar-refractivity contribution in [2.75, 3.05) is 13.2 Å². The number of pyridine rings is 2. The van der Waals surface area contributed by atoms with Crippen molar-refractivity contribution in [1.29, 1.82) is 0 Å². The molecule has 4 heterocycles. The van der Waals surface area contributed by atoms with Gasteiger partial charge in [-0.2, -0.15) is 0 Å². The van der Waals surface area contributed by atoms with Gasteiger partial charge in [-0.05, 0) is 79.3 Å². The van der Waals surface area contributed by atoms with Gasteiger partial charge in [0.25, 0.3) is 0 Å². The zero-order chi connectivity index (χ0) is 25.9. The highest BCUT2D eigenvalue weighted by Gasteiger charge is 2.38. The second-order valence-corrected chi connectivity index (χ2v) is 11.0. The monoisotopic (exact) mass is 506 g/mol. The molecule has 1 saturated carbocycles. The number of nitrogens with zero attached hydrogens (tertiary/aromatic N) is 3. The predicted octanol–water partition coefficient (Wildman–Crippen LogP) is 6.95. The Morgan fingerprint density at radius 3 is 2.58 bits per heavy atom. The van der Waals surface area contributed by atoms with Gasteiger partial charge < -0.3 is 10.1 Å². The first-order valence-electron chi connectivity index (χ1n) is 13.5. The first kappa shape index (κ1) is 23.5. The fraction of sp³-hybridized carbons (Fsp3) is 0.312. The molecular weight excluding hydrogens is 475 g/mol. The van der Waals surface area contributed by atoms with Gasteiger partial charge in [-0.15, -0.1) is 0 Å². The zero-order valence-electron chi connectivity index (χ0n) is 21.8. The number of ether oxygens (including phenoxy) is 1. The Morgan fingerprint density at radius 2 is 1.82 bits per heavy atom. The van der Waals surface area contributed by atoms with Crippen molar-refractivity contribution in [2.45, 2.75) is 51.2 Å². The fourth-order valence-corrected chi connectivity index (χ4v) is 6.26. The summed E-state index contributed by atoms with van der Waals surface area (Å²) in [4.78, 5) is 9.17. The summed E-state index contributed by atoms with van der Waals surface area (Å²) < 4.78 is 23.1. The number of benzene rings is 2. The van der Waals surface area contributed by atoms with Crippen LogP contribution < -0.4 is 5.32 Å². The molecule has 5 nitrogen and oxygen atoms in total. The lowest BCUT2D eigenvalue weighted by Gasteiger charge is -2.38. The lowest BCUT2D eigenvalue weighted by Crippen LogP contribution is -2.49. The van der Waals surface area contributed by atoms with Crippen LogP contribution in [0.3, 0.4) is 0 Å². The number of halogens is 1. The van der Waals surface area contributed by atoms with Crippen LogP contribution in [0.1, 0.15) is 48.5 Å². The van der Waals surface area contributed by atoms with Gasteiger partial charge >= 0.3 is 0 Å². The Labute approximate surface area is 221 Å². The molecule has 6 heteroatoms. The highest BCUT2D eigenvalue weighted by molar-refractivity contribution is 5.95. The zero-order valence-corrected chi connectivity index (χ0v) is 21.8. The first-order valence-corrected chi connectivity index (χ1v) is 13.5. The topological polar surface area (TPSA) is 51.5 Å². The molecule has 2 aromatic carbocycles. The van der Waals surface area contributed by atoms with E-state index < -0.39 is 0 Å². The lowest BCUT2D eigenvalue weighted by atomic mass is 9.96. The molecule has 1 spiro atoms. The number of aromatic nitrogens is 3. The summed E-state index contributed by atoms with van der Waals surface area (Å²) in [5, 5.41) is 4.53. The Kier molecular flexibility index (Phi) is 5.57. The third kappa shape index (κ3) is 3.99. The second kappa shape index (κ2) is 9.00. The van der Waals surface area contributed by atoms with Gasteiger partial charge in [0.1, 0.15) is 17.0 Å². The molecule has 2 aliphatic rings. The van der Waals surface area contributed by atoms with E-state index in [9.17, 15) is 4.39 Å². The lowest BCUT2D eigenvalue weighted by molar-refractivity contribution is -0.0788. The number of morpholine rings is 1. The average Bonchev–Trinajstić information content (AvgIpc) is 3.56.